The van der Waals surface area contributed by atoms with E-state index in [1.54, 1.807) is 12.0 Å². The minimum absolute atomic E-state index is 0.0116. The number of carbonyl (C=O) groups is 2. The molecule has 148 valence electrons. The normalized spacial score (nSPS) is 23.0. The predicted molar refractivity (Wildman–Crippen MR) is 103 cm³/mol. The van der Waals surface area contributed by atoms with Crippen LogP contribution in [-0.2, 0) is 9.53 Å². The highest BCUT2D eigenvalue weighted by Gasteiger charge is 2.53. The van der Waals surface area contributed by atoms with Gasteiger partial charge in [0.2, 0.25) is 5.91 Å². The van der Waals surface area contributed by atoms with Crippen LogP contribution < -0.4 is 4.74 Å². The highest BCUT2D eigenvalue weighted by molar-refractivity contribution is 5.90. The Bertz CT molecular complexity index is 768. The van der Waals surface area contributed by atoms with E-state index in [1.165, 1.54) is 0 Å². The highest BCUT2D eigenvalue weighted by Crippen LogP contribution is 2.40. The molecule has 2 heterocycles. The third-order valence-electron chi connectivity index (χ3n) is 5.71. The Labute approximate surface area is 161 Å². The van der Waals surface area contributed by atoms with Crippen LogP contribution in [0.25, 0.3) is 0 Å². The fraction of sp³-hybridized carbons (Fsp3) is 0.619. The van der Waals surface area contributed by atoms with Gasteiger partial charge >= 0.3 is 6.09 Å². The number of hydrogen-bond acceptors (Lipinski definition) is 4. The molecule has 2 aliphatic rings. The second kappa shape index (κ2) is 6.73. The average Bonchev–Trinajstić information content (AvgIpc) is 3.13. The zero-order valence-electron chi connectivity index (χ0n) is 17.3. The van der Waals surface area contributed by atoms with Crippen molar-refractivity contribution in [3.05, 3.63) is 28.8 Å². The van der Waals surface area contributed by atoms with Crippen molar-refractivity contribution in [2.45, 2.75) is 71.7 Å². The molecule has 6 nitrogen and oxygen atoms in total. The van der Waals surface area contributed by atoms with E-state index < -0.39 is 17.7 Å². The number of piperazine rings is 1. The number of benzene rings is 1. The molecular weight excluding hydrogens is 344 g/mol. The third kappa shape index (κ3) is 3.37. The number of amides is 2. The first-order chi connectivity index (χ1) is 12.5. The van der Waals surface area contributed by atoms with Crippen LogP contribution in [0.4, 0.5) is 4.79 Å². The van der Waals surface area contributed by atoms with Gasteiger partial charge in [-0.05, 0) is 70.7 Å². The minimum atomic E-state index is -0.563. The average molecular weight is 374 g/mol. The lowest BCUT2D eigenvalue weighted by molar-refractivity contribution is -0.138. The molecule has 27 heavy (non-hydrogen) atoms. The zero-order chi connectivity index (χ0) is 20.1. The van der Waals surface area contributed by atoms with Crippen molar-refractivity contribution in [1.29, 1.82) is 0 Å². The summed E-state index contributed by atoms with van der Waals surface area (Å²) in [5, 5.41) is 0. The number of likely N-dealkylation sites (tertiary alicyclic amines) is 2. The number of ether oxygens (including phenoxy) is 2. The second-order valence-corrected chi connectivity index (χ2v) is 8.57. The fourth-order valence-electron chi connectivity index (χ4n) is 4.27. The van der Waals surface area contributed by atoms with E-state index in [0.717, 1.165) is 22.4 Å². The summed E-state index contributed by atoms with van der Waals surface area (Å²) in [4.78, 5) is 29.0. The second-order valence-electron chi connectivity index (χ2n) is 8.57. The smallest absolute Gasteiger partial charge is 0.411 e. The SMILES string of the molecule is COc1ccc(C(C)N2C(=O)C3CC2CN3C(=O)OC(C)(C)C)c(C)c1C. The van der Waals surface area contributed by atoms with E-state index >= 15 is 0 Å². The maximum atomic E-state index is 13.0. The summed E-state index contributed by atoms with van der Waals surface area (Å²) in [6.45, 7) is 12.2. The van der Waals surface area contributed by atoms with Gasteiger partial charge in [0.15, 0.2) is 0 Å². The van der Waals surface area contributed by atoms with Gasteiger partial charge in [-0.1, -0.05) is 6.07 Å². The molecule has 0 radical (unpaired) electrons. The molecule has 1 aromatic carbocycles. The number of methoxy groups -OCH3 is 1. The molecule has 0 spiro atoms. The lowest BCUT2D eigenvalue weighted by atomic mass is 9.96. The van der Waals surface area contributed by atoms with Gasteiger partial charge in [0.05, 0.1) is 19.2 Å². The first-order valence-electron chi connectivity index (χ1n) is 9.51. The van der Waals surface area contributed by atoms with E-state index in [1.807, 2.05) is 44.7 Å². The van der Waals surface area contributed by atoms with Crippen molar-refractivity contribution in [1.82, 2.24) is 9.80 Å². The lowest BCUT2D eigenvalue weighted by Crippen LogP contribution is -2.53. The van der Waals surface area contributed by atoms with Crippen LogP contribution in [0.3, 0.4) is 0 Å². The largest absolute Gasteiger partial charge is 0.496 e. The quantitative estimate of drug-likeness (QED) is 0.811. The standard InChI is InChI=1S/C21H30N2O4/c1-12-13(2)18(26-7)9-8-16(12)14(3)23-15-10-17(19(23)24)22(11-15)20(25)27-21(4,5)6/h8-9,14-15,17H,10-11H2,1-7H3. The molecular formula is C21H30N2O4. The molecule has 2 fully saturated rings. The van der Waals surface area contributed by atoms with Crippen molar-refractivity contribution >= 4 is 12.0 Å². The van der Waals surface area contributed by atoms with E-state index in [4.69, 9.17) is 9.47 Å². The summed E-state index contributed by atoms with van der Waals surface area (Å²) in [5.74, 6) is 0.867. The topological polar surface area (TPSA) is 59.1 Å². The predicted octanol–water partition coefficient (Wildman–Crippen LogP) is 3.59. The number of fused-ring (bicyclic) bond motifs is 2. The Morgan fingerprint density at radius 2 is 1.89 bits per heavy atom. The monoisotopic (exact) mass is 374 g/mol. The van der Waals surface area contributed by atoms with Crippen LogP contribution >= 0.6 is 0 Å². The Morgan fingerprint density at radius 3 is 2.44 bits per heavy atom. The molecule has 1 aromatic rings. The van der Waals surface area contributed by atoms with E-state index in [2.05, 4.69) is 13.8 Å². The van der Waals surface area contributed by atoms with Crippen LogP contribution in [0, 0.1) is 13.8 Å². The summed E-state index contributed by atoms with van der Waals surface area (Å²) >= 11 is 0. The van der Waals surface area contributed by atoms with Crippen molar-refractivity contribution in [2.75, 3.05) is 13.7 Å². The van der Waals surface area contributed by atoms with Crippen molar-refractivity contribution in [2.24, 2.45) is 0 Å². The molecule has 2 amide bonds. The van der Waals surface area contributed by atoms with Crippen LogP contribution in [0.2, 0.25) is 0 Å². The summed E-state index contributed by atoms with van der Waals surface area (Å²) < 4.78 is 10.9. The Morgan fingerprint density at radius 1 is 1.22 bits per heavy atom. The van der Waals surface area contributed by atoms with Gasteiger partial charge in [0.1, 0.15) is 17.4 Å². The van der Waals surface area contributed by atoms with Crippen molar-refractivity contribution in [3.63, 3.8) is 0 Å². The molecule has 2 saturated heterocycles. The molecule has 3 atom stereocenters. The number of rotatable bonds is 3. The summed E-state index contributed by atoms with van der Waals surface area (Å²) in [5.41, 5.74) is 2.79. The van der Waals surface area contributed by atoms with Crippen LogP contribution in [0.15, 0.2) is 12.1 Å². The first kappa shape index (κ1) is 19.5. The Hall–Kier alpha value is -2.24. The maximum absolute atomic E-state index is 13.0. The van der Waals surface area contributed by atoms with Gasteiger partial charge in [-0.15, -0.1) is 0 Å². The van der Waals surface area contributed by atoms with Crippen LogP contribution in [0.1, 0.15) is 56.8 Å². The Balaban J connectivity index is 1.79. The molecule has 6 heteroatoms. The number of hydrogen-bond donors (Lipinski definition) is 0. The number of carbonyl (C=O) groups excluding carboxylic acids is 2. The van der Waals surface area contributed by atoms with Gasteiger partial charge in [-0.25, -0.2) is 4.79 Å². The van der Waals surface area contributed by atoms with Gasteiger partial charge < -0.3 is 14.4 Å². The van der Waals surface area contributed by atoms with Gasteiger partial charge in [0.25, 0.3) is 0 Å². The number of nitrogens with zero attached hydrogens (tertiary/aromatic N) is 2. The van der Waals surface area contributed by atoms with Gasteiger partial charge in [0, 0.05) is 6.54 Å². The molecule has 3 rings (SSSR count). The van der Waals surface area contributed by atoms with E-state index in [9.17, 15) is 9.59 Å². The third-order valence-corrected chi connectivity index (χ3v) is 5.71. The van der Waals surface area contributed by atoms with Gasteiger partial charge in [-0.3, -0.25) is 9.69 Å². The Kier molecular flexibility index (Phi) is 4.87. The van der Waals surface area contributed by atoms with Crippen LogP contribution in [0.5, 0.6) is 5.75 Å². The fourth-order valence-corrected chi connectivity index (χ4v) is 4.27. The zero-order valence-corrected chi connectivity index (χ0v) is 17.3. The summed E-state index contributed by atoms with van der Waals surface area (Å²) in [7, 11) is 1.67. The molecule has 3 unspecified atom stereocenters. The minimum Gasteiger partial charge on any atom is -0.496 e. The molecule has 0 aliphatic carbocycles. The van der Waals surface area contributed by atoms with E-state index in [0.29, 0.717) is 13.0 Å². The van der Waals surface area contributed by atoms with Crippen LogP contribution in [-0.4, -0.2) is 53.1 Å². The highest BCUT2D eigenvalue weighted by atomic mass is 16.6. The van der Waals surface area contributed by atoms with E-state index in [-0.39, 0.29) is 18.0 Å². The summed E-state index contributed by atoms with van der Waals surface area (Å²) in [6, 6.07) is 3.58. The lowest BCUT2D eigenvalue weighted by Gasteiger charge is -2.38. The summed E-state index contributed by atoms with van der Waals surface area (Å²) in [6.07, 6.45) is 0.281. The first-order valence-corrected chi connectivity index (χ1v) is 9.51. The molecule has 2 bridgehead atoms. The van der Waals surface area contributed by atoms with Crippen molar-refractivity contribution < 1.29 is 19.1 Å². The molecule has 0 saturated carbocycles. The molecule has 2 aliphatic heterocycles. The molecule has 0 N–H and O–H groups in total. The molecule has 0 aromatic heterocycles. The van der Waals surface area contributed by atoms with Crippen molar-refractivity contribution in [3.8, 4) is 5.75 Å². The van der Waals surface area contributed by atoms with Gasteiger partial charge in [-0.2, -0.15) is 0 Å². The maximum Gasteiger partial charge on any atom is 0.411 e.